The average Bonchev–Trinajstić information content (AvgIpc) is 3.11. The predicted molar refractivity (Wildman–Crippen MR) is 218 cm³/mol. The Labute approximate surface area is 320 Å². The monoisotopic (exact) mass is 756 g/mol. The van der Waals surface area contributed by atoms with E-state index < -0.39 is 22.6 Å². The van der Waals surface area contributed by atoms with Gasteiger partial charge in [0.2, 0.25) is 0 Å². The van der Waals surface area contributed by atoms with Crippen LogP contribution < -0.4 is 9.05 Å². The Morgan fingerprint density at radius 1 is 0.472 bits per heavy atom. The van der Waals surface area contributed by atoms with Crippen LogP contribution in [0.25, 0.3) is 0 Å². The van der Waals surface area contributed by atoms with Crippen LogP contribution in [0.4, 0.5) is 0 Å². The number of rotatable bonds is 8. The Morgan fingerprint density at radius 3 is 1.09 bits per heavy atom. The van der Waals surface area contributed by atoms with E-state index in [1.807, 2.05) is 0 Å². The van der Waals surface area contributed by atoms with Crippen LogP contribution in [0.15, 0.2) is 84.9 Å². The normalized spacial score (nSPS) is 21.4. The molecule has 0 amide bonds. The van der Waals surface area contributed by atoms with E-state index in [1.54, 1.807) is 0 Å². The van der Waals surface area contributed by atoms with Gasteiger partial charge in [0.25, 0.3) is 0 Å². The highest BCUT2D eigenvalue weighted by Gasteiger charge is 2.46. The smallest absolute Gasteiger partial charge is 0.397 e. The first-order chi connectivity index (χ1) is 24.8. The zero-order valence-electron chi connectivity index (χ0n) is 33.8. The van der Waals surface area contributed by atoms with Gasteiger partial charge in [-0.05, 0) is 58.1 Å². The molecule has 1 spiro atoms. The van der Waals surface area contributed by atoms with Crippen molar-refractivity contribution in [2.24, 2.45) is 5.41 Å². The Bertz CT molecular complexity index is 1730. The lowest BCUT2D eigenvalue weighted by Gasteiger charge is -2.42. The SMILES string of the molecule is Cc1cc(C(C)(C)c2ccccc2)cc(C(C)(C)C)c1OP1OCC2(CO1)COP(Oc1c(C)cc(C(C)(C)c3ccccc3)cc1C(C)(C)C)OC2. The summed E-state index contributed by atoms with van der Waals surface area (Å²) in [5.74, 6) is 1.67. The summed E-state index contributed by atoms with van der Waals surface area (Å²) >= 11 is 0. The van der Waals surface area contributed by atoms with Crippen molar-refractivity contribution in [1.82, 2.24) is 0 Å². The van der Waals surface area contributed by atoms with Gasteiger partial charge in [-0.2, -0.15) is 0 Å². The first kappa shape index (κ1) is 39.9. The Balaban J connectivity index is 1.12. The molecule has 4 aromatic rings. The van der Waals surface area contributed by atoms with Crippen molar-refractivity contribution < 1.29 is 27.1 Å². The topological polar surface area (TPSA) is 55.4 Å². The van der Waals surface area contributed by atoms with Crippen LogP contribution in [0, 0.1) is 19.3 Å². The average molecular weight is 757 g/mol. The van der Waals surface area contributed by atoms with E-state index in [1.165, 1.54) is 22.3 Å². The summed E-state index contributed by atoms with van der Waals surface area (Å²) in [4.78, 5) is 0. The van der Waals surface area contributed by atoms with Crippen LogP contribution in [-0.2, 0) is 39.8 Å². The second-order valence-corrected chi connectivity index (χ2v) is 20.3. The molecule has 2 fully saturated rings. The van der Waals surface area contributed by atoms with Crippen LogP contribution in [0.1, 0.15) is 114 Å². The fourth-order valence-corrected chi connectivity index (χ4v) is 9.67. The maximum absolute atomic E-state index is 6.59. The molecule has 284 valence electrons. The summed E-state index contributed by atoms with van der Waals surface area (Å²) in [6, 6.07) is 30.4. The molecule has 0 atom stereocenters. The second kappa shape index (κ2) is 15.0. The first-order valence-corrected chi connectivity index (χ1v) is 20.9. The minimum absolute atomic E-state index is 0.152. The molecule has 0 aromatic heterocycles. The zero-order chi connectivity index (χ0) is 38.4. The highest BCUT2D eigenvalue weighted by molar-refractivity contribution is 7.42. The van der Waals surface area contributed by atoms with E-state index in [4.69, 9.17) is 27.1 Å². The predicted octanol–water partition coefficient (Wildman–Crippen LogP) is 12.5. The van der Waals surface area contributed by atoms with E-state index in [9.17, 15) is 0 Å². The van der Waals surface area contributed by atoms with Gasteiger partial charge < -0.3 is 27.1 Å². The van der Waals surface area contributed by atoms with E-state index in [0.717, 1.165) is 33.8 Å². The van der Waals surface area contributed by atoms with Crippen LogP contribution in [-0.4, -0.2) is 26.4 Å². The highest BCUT2D eigenvalue weighted by atomic mass is 31.2. The molecular weight excluding hydrogens is 698 g/mol. The molecule has 0 radical (unpaired) electrons. The summed E-state index contributed by atoms with van der Waals surface area (Å²) in [7, 11) is -3.20. The van der Waals surface area contributed by atoms with Crippen molar-refractivity contribution in [3.8, 4) is 11.5 Å². The van der Waals surface area contributed by atoms with Gasteiger partial charge in [0.15, 0.2) is 0 Å². The van der Waals surface area contributed by atoms with E-state index >= 15 is 0 Å². The second-order valence-electron chi connectivity index (χ2n) is 18.0. The summed E-state index contributed by atoms with van der Waals surface area (Å²) < 4.78 is 38.4. The molecular formula is C45H58O6P2. The molecule has 2 saturated heterocycles. The minimum atomic E-state index is -1.60. The third kappa shape index (κ3) is 8.55. The third-order valence-electron chi connectivity index (χ3n) is 10.8. The standard InChI is InChI=1S/C45H58O6P2/c1-31-23-35(43(9,10)33-19-15-13-16-20-33)25-37(41(3,4)5)39(31)50-52-46-27-45(28-47-52)29-48-53(49-30-45)51-40-32(2)24-36(26-38(40)42(6,7)8)44(11,12)34-21-17-14-18-22-34/h13-26H,27-30H2,1-12H3. The molecule has 0 aliphatic carbocycles. The van der Waals surface area contributed by atoms with E-state index in [2.05, 4.69) is 168 Å². The van der Waals surface area contributed by atoms with Crippen molar-refractivity contribution in [3.63, 3.8) is 0 Å². The fourth-order valence-electron chi connectivity index (χ4n) is 7.01. The van der Waals surface area contributed by atoms with Gasteiger partial charge in [-0.25, -0.2) is 0 Å². The molecule has 6 rings (SSSR count). The molecule has 0 unspecified atom stereocenters. The van der Waals surface area contributed by atoms with Gasteiger partial charge in [-0.1, -0.05) is 154 Å². The summed E-state index contributed by atoms with van der Waals surface area (Å²) in [5, 5.41) is 0. The lowest BCUT2D eigenvalue weighted by Crippen LogP contribution is -2.45. The molecule has 0 N–H and O–H groups in total. The van der Waals surface area contributed by atoms with Crippen molar-refractivity contribution in [2.75, 3.05) is 26.4 Å². The van der Waals surface area contributed by atoms with Crippen molar-refractivity contribution in [3.05, 3.63) is 129 Å². The van der Waals surface area contributed by atoms with Crippen LogP contribution in [0.2, 0.25) is 0 Å². The Morgan fingerprint density at radius 2 is 0.792 bits per heavy atom. The van der Waals surface area contributed by atoms with Crippen LogP contribution in [0.5, 0.6) is 11.5 Å². The van der Waals surface area contributed by atoms with Crippen LogP contribution in [0.3, 0.4) is 0 Å². The lowest BCUT2D eigenvalue weighted by molar-refractivity contribution is -0.0674. The largest absolute Gasteiger partial charge is 0.426 e. The fraction of sp³-hybridized carbons (Fsp3) is 0.467. The molecule has 0 saturated carbocycles. The summed E-state index contributed by atoms with van der Waals surface area (Å²) in [6.07, 6.45) is 0. The van der Waals surface area contributed by atoms with Gasteiger partial charge in [0.05, 0.1) is 31.8 Å². The van der Waals surface area contributed by atoms with Gasteiger partial charge in [0.1, 0.15) is 11.5 Å². The minimum Gasteiger partial charge on any atom is -0.426 e. The number of hydrogen-bond donors (Lipinski definition) is 0. The summed E-state index contributed by atoms with van der Waals surface area (Å²) in [5.41, 5.74) is 8.41. The van der Waals surface area contributed by atoms with Crippen molar-refractivity contribution in [1.29, 1.82) is 0 Å². The zero-order valence-corrected chi connectivity index (χ0v) is 35.5. The molecule has 0 bridgehead atoms. The molecule has 2 aliphatic rings. The lowest BCUT2D eigenvalue weighted by atomic mass is 9.74. The van der Waals surface area contributed by atoms with Gasteiger partial charge in [0, 0.05) is 22.0 Å². The number of aryl methyl sites for hydroxylation is 2. The van der Waals surface area contributed by atoms with E-state index in [0.29, 0.717) is 26.4 Å². The first-order valence-electron chi connectivity index (χ1n) is 18.7. The van der Waals surface area contributed by atoms with Gasteiger partial charge >= 0.3 is 17.2 Å². The molecule has 2 aliphatic heterocycles. The Hall–Kier alpha value is -2.82. The highest BCUT2D eigenvalue weighted by Crippen LogP contribution is 2.55. The quantitative estimate of drug-likeness (QED) is 0.167. The molecule has 53 heavy (non-hydrogen) atoms. The van der Waals surface area contributed by atoms with Gasteiger partial charge in [-0.15, -0.1) is 0 Å². The van der Waals surface area contributed by atoms with E-state index in [-0.39, 0.29) is 21.7 Å². The van der Waals surface area contributed by atoms with Crippen molar-refractivity contribution >= 4 is 17.2 Å². The Kier molecular flexibility index (Phi) is 11.3. The van der Waals surface area contributed by atoms with Crippen molar-refractivity contribution in [2.45, 2.75) is 105 Å². The summed E-state index contributed by atoms with van der Waals surface area (Å²) in [6.45, 7) is 28.4. The number of benzene rings is 4. The maximum atomic E-state index is 6.59. The molecule has 4 aromatic carbocycles. The molecule has 2 heterocycles. The van der Waals surface area contributed by atoms with Gasteiger partial charge in [-0.3, -0.25) is 0 Å². The number of hydrogen-bond acceptors (Lipinski definition) is 6. The maximum Gasteiger partial charge on any atom is 0.397 e. The molecule has 6 nitrogen and oxygen atoms in total. The van der Waals surface area contributed by atoms with Crippen LogP contribution >= 0.6 is 17.2 Å². The molecule has 8 heteroatoms. The third-order valence-corrected chi connectivity index (χ3v) is 12.9.